The van der Waals surface area contributed by atoms with Gasteiger partial charge in [0.05, 0.1) is 12.3 Å². The fourth-order valence-corrected chi connectivity index (χ4v) is 3.05. The van der Waals surface area contributed by atoms with Crippen LogP contribution in [0.15, 0.2) is 28.9 Å². The molecule has 92 valence electrons. The highest BCUT2D eigenvalue weighted by Gasteiger charge is 2.18. The molecule has 3 heteroatoms. The maximum atomic E-state index is 5.41. The van der Waals surface area contributed by atoms with Crippen LogP contribution < -0.4 is 5.32 Å². The summed E-state index contributed by atoms with van der Waals surface area (Å²) in [7, 11) is 0. The zero-order valence-corrected chi connectivity index (χ0v) is 11.4. The molecule has 0 saturated heterocycles. The molecule has 1 N–H and O–H groups in total. The first-order valence-electron chi connectivity index (χ1n) is 6.12. The number of hydrogen-bond acceptors (Lipinski definition) is 3. The van der Waals surface area contributed by atoms with Crippen LogP contribution >= 0.6 is 11.3 Å². The van der Waals surface area contributed by atoms with Crippen molar-refractivity contribution in [2.24, 2.45) is 0 Å². The van der Waals surface area contributed by atoms with Gasteiger partial charge < -0.3 is 9.73 Å². The van der Waals surface area contributed by atoms with E-state index in [1.165, 1.54) is 15.3 Å². The van der Waals surface area contributed by atoms with Crippen molar-refractivity contribution in [1.82, 2.24) is 5.32 Å². The summed E-state index contributed by atoms with van der Waals surface area (Å²) in [5.41, 5.74) is 1.25. The molecule has 0 spiro atoms. The third kappa shape index (κ3) is 2.61. The molecule has 1 atom stereocenters. The maximum Gasteiger partial charge on any atom is 0.105 e. The lowest BCUT2D eigenvalue weighted by atomic mass is 10.1. The lowest BCUT2D eigenvalue weighted by Crippen LogP contribution is -2.21. The van der Waals surface area contributed by atoms with Crippen LogP contribution in [0.2, 0.25) is 0 Å². The Morgan fingerprint density at radius 3 is 2.65 bits per heavy atom. The van der Waals surface area contributed by atoms with Gasteiger partial charge in [-0.2, -0.15) is 0 Å². The zero-order chi connectivity index (χ0) is 12.3. The fourth-order valence-electron chi connectivity index (χ4n) is 2.00. The molecule has 0 radical (unpaired) electrons. The van der Waals surface area contributed by atoms with Gasteiger partial charge in [-0.05, 0) is 38.1 Å². The van der Waals surface area contributed by atoms with Gasteiger partial charge in [0.15, 0.2) is 0 Å². The normalized spacial score (nSPS) is 12.9. The Morgan fingerprint density at radius 2 is 2.12 bits per heavy atom. The van der Waals surface area contributed by atoms with Crippen molar-refractivity contribution < 1.29 is 4.42 Å². The van der Waals surface area contributed by atoms with Gasteiger partial charge >= 0.3 is 0 Å². The van der Waals surface area contributed by atoms with E-state index in [-0.39, 0.29) is 6.04 Å². The van der Waals surface area contributed by atoms with Gasteiger partial charge in [-0.3, -0.25) is 0 Å². The molecular formula is C14H19NOS. The van der Waals surface area contributed by atoms with Gasteiger partial charge in [0.25, 0.3) is 0 Å². The van der Waals surface area contributed by atoms with E-state index in [1.807, 2.05) is 18.3 Å². The first-order chi connectivity index (χ1) is 8.26. The van der Waals surface area contributed by atoms with E-state index >= 15 is 0 Å². The van der Waals surface area contributed by atoms with Crippen molar-refractivity contribution >= 4 is 11.3 Å². The second-order valence-electron chi connectivity index (χ2n) is 4.08. The quantitative estimate of drug-likeness (QED) is 0.869. The van der Waals surface area contributed by atoms with Crippen LogP contribution in [0.3, 0.4) is 0 Å². The molecule has 2 nitrogen and oxygen atoms in total. The predicted molar refractivity (Wildman–Crippen MR) is 72.7 cm³/mol. The molecular weight excluding hydrogens is 230 g/mol. The summed E-state index contributed by atoms with van der Waals surface area (Å²) in [5, 5.41) is 3.53. The number of rotatable bonds is 5. The summed E-state index contributed by atoms with van der Waals surface area (Å²) in [6.07, 6.45) is 2.87. The van der Waals surface area contributed by atoms with Gasteiger partial charge in [0, 0.05) is 15.3 Å². The van der Waals surface area contributed by atoms with Crippen molar-refractivity contribution in [1.29, 1.82) is 0 Å². The largest absolute Gasteiger partial charge is 0.469 e. The molecule has 0 bridgehead atoms. The number of furan rings is 1. The monoisotopic (exact) mass is 249 g/mol. The molecule has 2 heterocycles. The second-order valence-corrected chi connectivity index (χ2v) is 5.28. The topological polar surface area (TPSA) is 25.2 Å². The first kappa shape index (κ1) is 12.4. The van der Waals surface area contributed by atoms with Crippen molar-refractivity contribution in [3.05, 3.63) is 45.5 Å². The zero-order valence-electron chi connectivity index (χ0n) is 10.6. The summed E-state index contributed by atoms with van der Waals surface area (Å²) < 4.78 is 5.41. The molecule has 2 rings (SSSR count). The van der Waals surface area contributed by atoms with Crippen LogP contribution in [0.25, 0.3) is 0 Å². The summed E-state index contributed by atoms with van der Waals surface area (Å²) in [6.45, 7) is 7.31. The molecule has 0 amide bonds. The minimum atomic E-state index is 0.268. The van der Waals surface area contributed by atoms with Gasteiger partial charge in [-0.15, -0.1) is 11.3 Å². The van der Waals surface area contributed by atoms with E-state index in [4.69, 9.17) is 4.42 Å². The van der Waals surface area contributed by atoms with Crippen molar-refractivity contribution in [3.63, 3.8) is 0 Å². The van der Waals surface area contributed by atoms with Crippen LogP contribution in [-0.2, 0) is 6.42 Å². The molecule has 2 aromatic heterocycles. The number of nitrogens with one attached hydrogen (secondary N) is 1. The van der Waals surface area contributed by atoms with Crippen molar-refractivity contribution in [3.8, 4) is 0 Å². The summed E-state index contributed by atoms with van der Waals surface area (Å²) in [4.78, 5) is 2.80. The van der Waals surface area contributed by atoms with E-state index in [0.29, 0.717) is 0 Å². The fraction of sp³-hybridized carbons (Fsp3) is 0.429. The number of thiophene rings is 1. The van der Waals surface area contributed by atoms with Crippen LogP contribution in [0.1, 0.15) is 41.0 Å². The highest BCUT2D eigenvalue weighted by atomic mass is 32.1. The van der Waals surface area contributed by atoms with E-state index < -0.39 is 0 Å². The lowest BCUT2D eigenvalue weighted by molar-refractivity contribution is 0.521. The van der Waals surface area contributed by atoms with Crippen LogP contribution in [-0.4, -0.2) is 6.54 Å². The highest BCUT2D eigenvalue weighted by molar-refractivity contribution is 7.12. The average Bonchev–Trinajstić information content (AvgIpc) is 2.95. The number of aryl methyl sites for hydroxylation is 2. The molecule has 2 aromatic rings. The van der Waals surface area contributed by atoms with Gasteiger partial charge in [-0.25, -0.2) is 0 Å². The molecule has 17 heavy (non-hydrogen) atoms. The van der Waals surface area contributed by atoms with Crippen molar-refractivity contribution in [2.75, 3.05) is 6.54 Å². The van der Waals surface area contributed by atoms with Crippen LogP contribution in [0, 0.1) is 6.92 Å². The molecule has 0 aliphatic carbocycles. The van der Waals surface area contributed by atoms with Gasteiger partial charge in [-0.1, -0.05) is 13.8 Å². The molecule has 0 aliphatic heterocycles. The van der Waals surface area contributed by atoms with Crippen molar-refractivity contribution in [2.45, 2.75) is 33.2 Å². The minimum Gasteiger partial charge on any atom is -0.469 e. The average molecular weight is 249 g/mol. The maximum absolute atomic E-state index is 5.41. The number of hydrogen-bond donors (Lipinski definition) is 1. The summed E-state index contributed by atoms with van der Waals surface area (Å²) >= 11 is 1.88. The Kier molecular flexibility index (Phi) is 4.02. The summed E-state index contributed by atoms with van der Waals surface area (Å²) in [5.74, 6) is 1.00. The Hall–Kier alpha value is -1.06. The minimum absolute atomic E-state index is 0.268. The highest BCUT2D eigenvalue weighted by Crippen LogP contribution is 2.30. The third-order valence-electron chi connectivity index (χ3n) is 2.93. The van der Waals surface area contributed by atoms with E-state index in [1.54, 1.807) is 6.26 Å². The molecule has 0 aromatic carbocycles. The molecule has 1 unspecified atom stereocenters. The molecule has 0 fully saturated rings. The predicted octanol–water partition coefficient (Wildman–Crippen LogP) is 3.91. The Bertz CT molecular complexity index is 472. The Morgan fingerprint density at radius 1 is 1.29 bits per heavy atom. The van der Waals surface area contributed by atoms with Gasteiger partial charge in [0.1, 0.15) is 5.76 Å². The SMILES string of the molecule is CCNC(c1ccc(CC)s1)c1ccoc1C. The third-order valence-corrected chi connectivity index (χ3v) is 4.23. The van der Waals surface area contributed by atoms with Crippen LogP contribution in [0.5, 0.6) is 0 Å². The Balaban J connectivity index is 2.32. The Labute approximate surface area is 107 Å². The smallest absolute Gasteiger partial charge is 0.105 e. The standard InChI is InChI=1S/C14H19NOS/c1-4-11-6-7-13(17-11)14(15-5-2)12-8-9-16-10(12)3/h6-9,14-15H,4-5H2,1-3H3. The van der Waals surface area contributed by atoms with Gasteiger partial charge in [0.2, 0.25) is 0 Å². The molecule has 0 aliphatic rings. The molecule has 0 saturated carbocycles. The first-order valence-corrected chi connectivity index (χ1v) is 6.93. The van der Waals surface area contributed by atoms with E-state index in [2.05, 4.69) is 37.4 Å². The summed E-state index contributed by atoms with van der Waals surface area (Å²) in [6, 6.07) is 6.78. The second kappa shape index (κ2) is 5.52. The van der Waals surface area contributed by atoms with Crippen LogP contribution in [0.4, 0.5) is 0 Å². The van der Waals surface area contributed by atoms with E-state index in [9.17, 15) is 0 Å². The lowest BCUT2D eigenvalue weighted by Gasteiger charge is -2.15. The van der Waals surface area contributed by atoms with E-state index in [0.717, 1.165) is 18.7 Å².